The van der Waals surface area contributed by atoms with E-state index in [-0.39, 0.29) is 41.4 Å². The summed E-state index contributed by atoms with van der Waals surface area (Å²) in [6, 6.07) is 6.69. The van der Waals surface area contributed by atoms with Gasteiger partial charge in [0.1, 0.15) is 6.04 Å². The van der Waals surface area contributed by atoms with Crippen molar-refractivity contribution in [3.63, 3.8) is 0 Å². The van der Waals surface area contributed by atoms with E-state index in [0.717, 1.165) is 12.0 Å². The van der Waals surface area contributed by atoms with Crippen LogP contribution in [0.3, 0.4) is 0 Å². The van der Waals surface area contributed by atoms with Crippen LogP contribution in [0.25, 0.3) is 0 Å². The van der Waals surface area contributed by atoms with Gasteiger partial charge in [-0.05, 0) is 43.9 Å². The van der Waals surface area contributed by atoms with Crippen LogP contribution in [0.15, 0.2) is 29.2 Å². The summed E-state index contributed by atoms with van der Waals surface area (Å²) >= 11 is 0. The number of nitrogens with zero attached hydrogens (tertiary/aromatic N) is 4. The fraction of sp³-hybridized carbons (Fsp3) is 0.571. The summed E-state index contributed by atoms with van der Waals surface area (Å²) in [6.07, 6.45) is 2.14. The van der Waals surface area contributed by atoms with Crippen LogP contribution in [0.2, 0.25) is 0 Å². The molecule has 172 valence electrons. The van der Waals surface area contributed by atoms with E-state index in [2.05, 4.69) is 6.07 Å². The zero-order chi connectivity index (χ0) is 23.2. The second-order valence-corrected chi connectivity index (χ2v) is 10.4. The molecule has 3 unspecified atom stereocenters. The van der Waals surface area contributed by atoms with Crippen LogP contribution in [0.5, 0.6) is 0 Å². The first-order chi connectivity index (χ1) is 15.1. The van der Waals surface area contributed by atoms with E-state index in [4.69, 9.17) is 10.9 Å². The standard InChI is InChI=1S/C21H28N6O4S/c1-13(14-4-6-17(7-5-14)32(24,30)31)27-16-9-19(21(27)29)25(11-16)12-18(23)20(28)26-8-2-3-15(26)10-22/h4-7,13,15-16,18-19H,2-3,8-9,11-12,23H2,1H3,(H2,24,30,31)/t13?,15?,16-,18-,19?/m0/s1. The number of primary sulfonamides is 1. The third-order valence-electron chi connectivity index (χ3n) is 6.86. The summed E-state index contributed by atoms with van der Waals surface area (Å²) < 4.78 is 22.9. The van der Waals surface area contributed by atoms with E-state index in [1.54, 1.807) is 17.0 Å². The van der Waals surface area contributed by atoms with Gasteiger partial charge in [-0.25, -0.2) is 13.6 Å². The van der Waals surface area contributed by atoms with E-state index in [1.165, 1.54) is 12.1 Å². The number of nitriles is 1. The molecule has 1 aromatic carbocycles. The Balaban J connectivity index is 1.40. The van der Waals surface area contributed by atoms with Gasteiger partial charge in [-0.15, -0.1) is 0 Å². The number of rotatable bonds is 6. The number of amides is 2. The van der Waals surface area contributed by atoms with Gasteiger partial charge in [0.15, 0.2) is 0 Å². The molecular formula is C21H28N6O4S. The van der Waals surface area contributed by atoms with Crippen LogP contribution in [-0.2, 0) is 19.6 Å². The highest BCUT2D eigenvalue weighted by Crippen LogP contribution is 2.38. The third-order valence-corrected chi connectivity index (χ3v) is 7.79. The molecule has 32 heavy (non-hydrogen) atoms. The van der Waals surface area contributed by atoms with Crippen LogP contribution < -0.4 is 10.9 Å². The first-order valence-electron chi connectivity index (χ1n) is 10.8. The van der Waals surface area contributed by atoms with Crippen molar-refractivity contribution in [3.05, 3.63) is 29.8 Å². The molecule has 3 heterocycles. The van der Waals surface area contributed by atoms with E-state index < -0.39 is 22.1 Å². The van der Waals surface area contributed by atoms with Crippen LogP contribution in [0, 0.1) is 11.3 Å². The summed E-state index contributed by atoms with van der Waals surface area (Å²) in [6.45, 7) is 3.37. The minimum absolute atomic E-state index is 0.00126. The number of fused-ring (bicyclic) bond motifs is 2. The molecule has 0 saturated carbocycles. The van der Waals surface area contributed by atoms with Crippen LogP contribution in [0.1, 0.15) is 37.8 Å². The number of carbonyl (C=O) groups is 2. The van der Waals surface area contributed by atoms with Gasteiger partial charge in [-0.2, -0.15) is 5.26 Å². The summed E-state index contributed by atoms with van der Waals surface area (Å²) in [5.74, 6) is -0.246. The Labute approximate surface area is 187 Å². The molecule has 2 amide bonds. The van der Waals surface area contributed by atoms with Crippen molar-refractivity contribution in [1.82, 2.24) is 14.7 Å². The summed E-state index contributed by atoms with van der Waals surface area (Å²) in [5, 5.41) is 14.4. The van der Waals surface area contributed by atoms with E-state index in [9.17, 15) is 23.3 Å². The molecule has 3 saturated heterocycles. The molecule has 2 bridgehead atoms. The van der Waals surface area contributed by atoms with Gasteiger partial charge in [0.2, 0.25) is 21.8 Å². The van der Waals surface area contributed by atoms with E-state index in [1.807, 2.05) is 16.7 Å². The molecule has 3 fully saturated rings. The largest absolute Gasteiger partial charge is 0.330 e. The Morgan fingerprint density at radius 2 is 2.00 bits per heavy atom. The van der Waals surface area contributed by atoms with Crippen LogP contribution in [-0.4, -0.2) is 78.7 Å². The summed E-state index contributed by atoms with van der Waals surface area (Å²) in [7, 11) is -3.77. The van der Waals surface area contributed by atoms with Gasteiger partial charge in [-0.1, -0.05) is 12.1 Å². The minimum atomic E-state index is -3.77. The normalized spacial score (nSPS) is 27.6. The Kier molecular flexibility index (Phi) is 5.98. The molecule has 4 N–H and O–H groups in total. The predicted molar refractivity (Wildman–Crippen MR) is 115 cm³/mol. The molecule has 1 aromatic rings. The molecule has 0 aliphatic carbocycles. The van der Waals surface area contributed by atoms with Gasteiger partial charge in [-0.3, -0.25) is 14.5 Å². The molecular weight excluding hydrogens is 432 g/mol. The molecule has 3 aliphatic heterocycles. The number of carbonyl (C=O) groups excluding carboxylic acids is 2. The third kappa shape index (κ3) is 3.99. The molecule has 0 radical (unpaired) electrons. The number of hydrogen-bond acceptors (Lipinski definition) is 7. The maximum absolute atomic E-state index is 13.1. The Hall–Kier alpha value is -2.52. The lowest BCUT2D eigenvalue weighted by atomic mass is 10.1. The SMILES string of the molecule is CC(c1ccc(S(N)(=O)=O)cc1)N1C(=O)C2C[C@H]1CN2C[C@H](N)C(=O)N1CCCC1C#N. The van der Waals surface area contributed by atoms with E-state index in [0.29, 0.717) is 25.9 Å². The topological polar surface area (TPSA) is 154 Å². The number of hydrogen-bond donors (Lipinski definition) is 2. The molecule has 3 aliphatic rings. The summed E-state index contributed by atoms with van der Waals surface area (Å²) in [4.78, 5) is 31.2. The fourth-order valence-corrected chi connectivity index (χ4v) is 5.72. The predicted octanol–water partition coefficient (Wildman–Crippen LogP) is -0.478. The van der Waals surface area contributed by atoms with E-state index >= 15 is 0 Å². The monoisotopic (exact) mass is 460 g/mol. The second-order valence-electron chi connectivity index (χ2n) is 8.82. The first kappa shape index (κ1) is 22.7. The molecule has 0 aromatic heterocycles. The molecule has 11 heteroatoms. The van der Waals surface area contributed by atoms with Gasteiger partial charge in [0.25, 0.3) is 0 Å². The van der Waals surface area contributed by atoms with Crippen molar-refractivity contribution in [3.8, 4) is 6.07 Å². The summed E-state index contributed by atoms with van der Waals surface area (Å²) in [5.41, 5.74) is 7.01. The van der Waals surface area contributed by atoms with Crippen LogP contribution >= 0.6 is 0 Å². The molecule has 4 rings (SSSR count). The Morgan fingerprint density at radius 1 is 1.31 bits per heavy atom. The smallest absolute Gasteiger partial charge is 0.241 e. The fourth-order valence-electron chi connectivity index (χ4n) is 5.20. The second kappa shape index (κ2) is 8.44. The Bertz CT molecular complexity index is 1050. The molecule has 5 atom stereocenters. The van der Waals surface area contributed by atoms with Crippen molar-refractivity contribution in [2.45, 2.75) is 61.3 Å². The quantitative estimate of drug-likeness (QED) is 0.581. The molecule has 0 spiro atoms. The van der Waals surface area contributed by atoms with Gasteiger partial charge in [0, 0.05) is 25.7 Å². The van der Waals surface area contributed by atoms with Crippen molar-refractivity contribution in [1.29, 1.82) is 5.26 Å². The average molecular weight is 461 g/mol. The van der Waals surface area contributed by atoms with Gasteiger partial charge >= 0.3 is 0 Å². The number of piperazine rings is 1. The highest BCUT2D eigenvalue weighted by atomic mass is 32.2. The van der Waals surface area contributed by atoms with Crippen LogP contribution in [0.4, 0.5) is 0 Å². The van der Waals surface area contributed by atoms with Gasteiger partial charge < -0.3 is 15.5 Å². The number of nitrogens with two attached hydrogens (primary N) is 2. The highest BCUT2D eigenvalue weighted by Gasteiger charge is 2.51. The zero-order valence-corrected chi connectivity index (χ0v) is 18.7. The zero-order valence-electron chi connectivity index (χ0n) is 17.9. The Morgan fingerprint density at radius 3 is 2.59 bits per heavy atom. The van der Waals surface area contributed by atoms with Crippen molar-refractivity contribution in [2.75, 3.05) is 19.6 Å². The lowest BCUT2D eigenvalue weighted by Gasteiger charge is -2.38. The highest BCUT2D eigenvalue weighted by molar-refractivity contribution is 7.89. The lowest BCUT2D eigenvalue weighted by molar-refractivity contribution is -0.140. The van der Waals surface area contributed by atoms with Crippen molar-refractivity contribution < 1.29 is 18.0 Å². The van der Waals surface area contributed by atoms with Crippen molar-refractivity contribution in [2.24, 2.45) is 10.9 Å². The van der Waals surface area contributed by atoms with Crippen molar-refractivity contribution >= 4 is 21.8 Å². The number of benzene rings is 1. The first-order valence-corrected chi connectivity index (χ1v) is 12.3. The maximum atomic E-state index is 13.1. The molecule has 10 nitrogen and oxygen atoms in total. The number of likely N-dealkylation sites (tertiary alicyclic amines) is 3. The maximum Gasteiger partial charge on any atom is 0.241 e. The average Bonchev–Trinajstić information content (AvgIpc) is 3.46. The minimum Gasteiger partial charge on any atom is -0.330 e. The number of sulfonamides is 1. The van der Waals surface area contributed by atoms with Gasteiger partial charge in [0.05, 0.1) is 29.1 Å². The lowest BCUT2D eigenvalue weighted by Crippen LogP contribution is -2.56.